The van der Waals surface area contributed by atoms with Crippen LogP contribution in [0.2, 0.25) is 0 Å². The summed E-state index contributed by atoms with van der Waals surface area (Å²) in [5, 5.41) is 0. The van der Waals surface area contributed by atoms with Gasteiger partial charge in [-0.15, -0.1) is 0 Å². The predicted molar refractivity (Wildman–Crippen MR) is 63.4 cm³/mol. The van der Waals surface area contributed by atoms with Crippen LogP contribution >= 0.6 is 0 Å². The highest BCUT2D eigenvalue weighted by atomic mass is 16.1. The maximum Gasteiger partial charge on any atom is 0.241 e. The van der Waals surface area contributed by atoms with E-state index in [4.69, 9.17) is 5.73 Å². The third-order valence-electron chi connectivity index (χ3n) is 2.42. The number of primary amides is 1. The second-order valence-electron chi connectivity index (χ2n) is 3.48. The Kier molecular flexibility index (Phi) is 4.10. The summed E-state index contributed by atoms with van der Waals surface area (Å²) >= 11 is 0. The number of carbonyl (C=O) groups is 1. The Labute approximate surface area is 90.8 Å². The number of hydrogen-bond acceptors (Lipinski definition) is 1. The van der Waals surface area contributed by atoms with Gasteiger partial charge in [-0.2, -0.15) is 0 Å². The first-order valence-corrected chi connectivity index (χ1v) is 5.26. The molecular formula is C13H17NO. The van der Waals surface area contributed by atoms with Crippen molar-refractivity contribution >= 4 is 12.0 Å². The van der Waals surface area contributed by atoms with E-state index >= 15 is 0 Å². The van der Waals surface area contributed by atoms with E-state index in [1.165, 1.54) is 17.2 Å². The summed E-state index contributed by atoms with van der Waals surface area (Å²) in [7, 11) is 0. The van der Waals surface area contributed by atoms with Crippen molar-refractivity contribution in [2.75, 3.05) is 0 Å². The minimum Gasteiger partial charge on any atom is -0.366 e. The maximum absolute atomic E-state index is 10.6. The molecule has 0 aliphatic rings. The van der Waals surface area contributed by atoms with Crippen molar-refractivity contribution in [2.45, 2.75) is 26.7 Å². The molecule has 0 aliphatic heterocycles. The van der Waals surface area contributed by atoms with Crippen LogP contribution in [0.5, 0.6) is 0 Å². The topological polar surface area (TPSA) is 43.1 Å². The number of benzene rings is 1. The highest BCUT2D eigenvalue weighted by Gasteiger charge is 1.99. The van der Waals surface area contributed by atoms with E-state index in [1.807, 2.05) is 6.07 Å². The van der Waals surface area contributed by atoms with Crippen LogP contribution in [0.3, 0.4) is 0 Å². The van der Waals surface area contributed by atoms with E-state index in [-0.39, 0.29) is 0 Å². The van der Waals surface area contributed by atoms with Crippen molar-refractivity contribution in [3.05, 3.63) is 41.0 Å². The third kappa shape index (κ3) is 3.24. The molecule has 1 amide bonds. The molecule has 15 heavy (non-hydrogen) atoms. The second-order valence-corrected chi connectivity index (χ2v) is 3.48. The van der Waals surface area contributed by atoms with E-state index in [1.54, 1.807) is 6.08 Å². The standard InChI is InChI=1S/C13H17NO/c1-3-10-5-6-12(7-8-13(14)15)11(4-2)9-10/h5-9H,3-4H2,1-2H3,(H2,14,15). The zero-order valence-corrected chi connectivity index (χ0v) is 9.29. The predicted octanol–water partition coefficient (Wildman–Crippen LogP) is 2.31. The molecule has 2 nitrogen and oxygen atoms in total. The lowest BCUT2D eigenvalue weighted by atomic mass is 10.0. The van der Waals surface area contributed by atoms with Crippen molar-refractivity contribution in [3.63, 3.8) is 0 Å². The Morgan fingerprint density at radius 3 is 2.60 bits per heavy atom. The van der Waals surface area contributed by atoms with Crippen molar-refractivity contribution in [1.29, 1.82) is 0 Å². The molecule has 0 atom stereocenters. The zero-order valence-electron chi connectivity index (χ0n) is 9.29. The number of aryl methyl sites for hydroxylation is 2. The molecule has 2 N–H and O–H groups in total. The van der Waals surface area contributed by atoms with E-state index in [0.29, 0.717) is 0 Å². The number of amides is 1. The first-order chi connectivity index (χ1) is 7.17. The van der Waals surface area contributed by atoms with Crippen LogP contribution in [0, 0.1) is 0 Å². The Balaban J connectivity index is 3.02. The normalized spacial score (nSPS) is 10.8. The molecule has 0 aliphatic carbocycles. The summed E-state index contributed by atoms with van der Waals surface area (Å²) < 4.78 is 0. The van der Waals surface area contributed by atoms with Crippen LogP contribution in [0.25, 0.3) is 6.08 Å². The molecule has 0 saturated carbocycles. The van der Waals surface area contributed by atoms with Gasteiger partial charge in [-0.1, -0.05) is 32.0 Å². The minimum atomic E-state index is -0.406. The van der Waals surface area contributed by atoms with Crippen molar-refractivity contribution < 1.29 is 4.79 Å². The van der Waals surface area contributed by atoms with E-state index in [2.05, 4.69) is 26.0 Å². The second kappa shape index (κ2) is 5.35. The molecule has 0 saturated heterocycles. The fourth-order valence-corrected chi connectivity index (χ4v) is 1.52. The van der Waals surface area contributed by atoms with Crippen molar-refractivity contribution in [2.24, 2.45) is 5.73 Å². The van der Waals surface area contributed by atoms with Crippen molar-refractivity contribution in [3.8, 4) is 0 Å². The first-order valence-electron chi connectivity index (χ1n) is 5.26. The van der Waals surface area contributed by atoms with Gasteiger partial charge in [0.15, 0.2) is 0 Å². The fraction of sp³-hybridized carbons (Fsp3) is 0.308. The molecule has 0 aromatic heterocycles. The number of rotatable bonds is 4. The molecular weight excluding hydrogens is 186 g/mol. The molecule has 0 unspecified atom stereocenters. The Morgan fingerprint density at radius 2 is 2.07 bits per heavy atom. The molecule has 0 heterocycles. The maximum atomic E-state index is 10.6. The highest BCUT2D eigenvalue weighted by molar-refractivity contribution is 5.90. The minimum absolute atomic E-state index is 0.406. The van der Waals surface area contributed by atoms with Crippen LogP contribution in [0.15, 0.2) is 24.3 Å². The lowest BCUT2D eigenvalue weighted by Gasteiger charge is -2.05. The van der Waals surface area contributed by atoms with Gasteiger partial charge < -0.3 is 5.73 Å². The molecule has 1 aromatic carbocycles. The zero-order chi connectivity index (χ0) is 11.3. The molecule has 80 valence electrons. The lowest BCUT2D eigenvalue weighted by Crippen LogP contribution is -2.05. The number of carbonyl (C=O) groups excluding carboxylic acids is 1. The summed E-state index contributed by atoms with van der Waals surface area (Å²) in [5.41, 5.74) is 8.72. The molecule has 0 fully saturated rings. The first kappa shape index (κ1) is 11.5. The van der Waals surface area contributed by atoms with Gasteiger partial charge in [0.2, 0.25) is 5.91 Å². The number of hydrogen-bond donors (Lipinski definition) is 1. The van der Waals surface area contributed by atoms with Crippen LogP contribution in [0.1, 0.15) is 30.5 Å². The van der Waals surface area contributed by atoms with Gasteiger partial charge >= 0.3 is 0 Å². The summed E-state index contributed by atoms with van der Waals surface area (Å²) in [5.74, 6) is -0.406. The molecule has 0 bridgehead atoms. The summed E-state index contributed by atoms with van der Waals surface area (Å²) in [4.78, 5) is 10.6. The fourth-order valence-electron chi connectivity index (χ4n) is 1.52. The number of nitrogens with two attached hydrogens (primary N) is 1. The molecule has 2 heteroatoms. The van der Waals surface area contributed by atoms with Crippen LogP contribution in [0.4, 0.5) is 0 Å². The van der Waals surface area contributed by atoms with Gasteiger partial charge in [0.1, 0.15) is 0 Å². The largest absolute Gasteiger partial charge is 0.366 e. The van der Waals surface area contributed by atoms with Crippen molar-refractivity contribution in [1.82, 2.24) is 0 Å². The molecule has 0 radical (unpaired) electrons. The van der Waals surface area contributed by atoms with Gasteiger partial charge in [0.25, 0.3) is 0 Å². The highest BCUT2D eigenvalue weighted by Crippen LogP contribution is 2.15. The summed E-state index contributed by atoms with van der Waals surface area (Å²) in [6.07, 6.45) is 5.18. The molecule has 1 aromatic rings. The lowest BCUT2D eigenvalue weighted by molar-refractivity contribution is -0.113. The van der Waals surface area contributed by atoms with Gasteiger partial charge in [0.05, 0.1) is 0 Å². The van der Waals surface area contributed by atoms with Gasteiger partial charge in [-0.25, -0.2) is 0 Å². The quantitative estimate of drug-likeness (QED) is 0.750. The smallest absolute Gasteiger partial charge is 0.241 e. The summed E-state index contributed by atoms with van der Waals surface area (Å²) in [6, 6.07) is 6.30. The monoisotopic (exact) mass is 203 g/mol. The van der Waals surface area contributed by atoms with E-state index in [0.717, 1.165) is 18.4 Å². The Hall–Kier alpha value is -1.57. The SMILES string of the molecule is CCc1ccc(C=CC(N)=O)c(CC)c1. The molecule has 0 spiro atoms. The van der Waals surface area contributed by atoms with Gasteiger partial charge in [-0.05, 0) is 35.6 Å². The van der Waals surface area contributed by atoms with E-state index < -0.39 is 5.91 Å². The van der Waals surface area contributed by atoms with Crippen LogP contribution in [-0.4, -0.2) is 5.91 Å². The average molecular weight is 203 g/mol. The molecule has 1 rings (SSSR count). The van der Waals surface area contributed by atoms with Gasteiger partial charge in [0, 0.05) is 6.08 Å². The third-order valence-corrected chi connectivity index (χ3v) is 2.42. The van der Waals surface area contributed by atoms with Crippen LogP contribution < -0.4 is 5.73 Å². The average Bonchev–Trinajstić information content (AvgIpc) is 2.25. The Bertz CT molecular complexity index is 380. The Morgan fingerprint density at radius 1 is 1.33 bits per heavy atom. The van der Waals surface area contributed by atoms with E-state index in [9.17, 15) is 4.79 Å². The van der Waals surface area contributed by atoms with Gasteiger partial charge in [-0.3, -0.25) is 4.79 Å². The summed E-state index contributed by atoms with van der Waals surface area (Å²) in [6.45, 7) is 4.24. The van der Waals surface area contributed by atoms with Crippen LogP contribution in [-0.2, 0) is 17.6 Å².